The molecular formula is C20H19N3O3. The summed E-state index contributed by atoms with van der Waals surface area (Å²) in [6, 6.07) is 16.6. The summed E-state index contributed by atoms with van der Waals surface area (Å²) in [5, 5.41) is 3.84. The van der Waals surface area contributed by atoms with Crippen LogP contribution >= 0.6 is 0 Å². The highest BCUT2D eigenvalue weighted by Gasteiger charge is 2.34. The molecule has 6 nitrogen and oxygen atoms in total. The predicted molar refractivity (Wildman–Crippen MR) is 95.0 cm³/mol. The Labute approximate surface area is 151 Å². The second-order valence-electron chi connectivity index (χ2n) is 6.28. The molecule has 0 saturated carbocycles. The van der Waals surface area contributed by atoms with E-state index in [-0.39, 0.29) is 11.9 Å². The van der Waals surface area contributed by atoms with Gasteiger partial charge in [-0.3, -0.25) is 4.79 Å². The lowest BCUT2D eigenvalue weighted by atomic mass is 10.1. The van der Waals surface area contributed by atoms with Gasteiger partial charge in [-0.15, -0.1) is 0 Å². The molecule has 0 radical (unpaired) electrons. The van der Waals surface area contributed by atoms with Crippen LogP contribution < -0.4 is 4.74 Å². The lowest BCUT2D eigenvalue weighted by Crippen LogP contribution is -2.30. The Morgan fingerprint density at radius 2 is 1.85 bits per heavy atom. The Morgan fingerprint density at radius 1 is 1.12 bits per heavy atom. The average Bonchev–Trinajstić information content (AvgIpc) is 3.31. The number of amides is 1. The van der Waals surface area contributed by atoms with E-state index >= 15 is 0 Å². The van der Waals surface area contributed by atoms with E-state index in [2.05, 4.69) is 10.1 Å². The number of rotatable bonds is 4. The third-order valence-corrected chi connectivity index (χ3v) is 4.42. The Hall–Kier alpha value is -3.15. The molecule has 1 aliphatic rings. The van der Waals surface area contributed by atoms with Crippen LogP contribution in [0.2, 0.25) is 0 Å². The van der Waals surface area contributed by atoms with Gasteiger partial charge >= 0.3 is 0 Å². The van der Waals surface area contributed by atoms with E-state index in [0.29, 0.717) is 29.6 Å². The smallest absolute Gasteiger partial charge is 0.254 e. The zero-order valence-corrected chi connectivity index (χ0v) is 14.5. The van der Waals surface area contributed by atoms with Crippen LogP contribution in [0.25, 0.3) is 0 Å². The lowest BCUT2D eigenvalue weighted by Gasteiger charge is -2.22. The Balaban J connectivity index is 1.49. The Kier molecular flexibility index (Phi) is 4.39. The molecule has 1 amide bonds. The van der Waals surface area contributed by atoms with Crippen LogP contribution in [0.15, 0.2) is 59.1 Å². The molecule has 0 N–H and O–H groups in total. The summed E-state index contributed by atoms with van der Waals surface area (Å²) in [6.07, 6.45) is 1.76. The van der Waals surface area contributed by atoms with Crippen LogP contribution in [-0.4, -0.2) is 27.5 Å². The molecule has 0 aliphatic carbocycles. The number of para-hydroxylation sites is 1. The average molecular weight is 349 g/mol. The van der Waals surface area contributed by atoms with Gasteiger partial charge in [-0.05, 0) is 56.2 Å². The molecule has 2 aromatic carbocycles. The Bertz CT molecular complexity index is 890. The van der Waals surface area contributed by atoms with Crippen molar-refractivity contribution in [2.45, 2.75) is 25.8 Å². The number of likely N-dealkylation sites (tertiary alicyclic amines) is 1. The number of hydrogen-bond acceptors (Lipinski definition) is 5. The summed E-state index contributed by atoms with van der Waals surface area (Å²) in [7, 11) is 0. The highest BCUT2D eigenvalue weighted by molar-refractivity contribution is 5.94. The van der Waals surface area contributed by atoms with Crippen LogP contribution in [0.5, 0.6) is 11.5 Å². The number of carbonyl (C=O) groups excluding carboxylic acids is 1. The molecule has 4 rings (SSSR count). The van der Waals surface area contributed by atoms with E-state index < -0.39 is 0 Å². The van der Waals surface area contributed by atoms with Crippen LogP contribution in [0, 0.1) is 6.92 Å². The number of nitrogens with zero attached hydrogens (tertiary/aromatic N) is 3. The highest BCUT2D eigenvalue weighted by Crippen LogP contribution is 2.32. The summed E-state index contributed by atoms with van der Waals surface area (Å²) < 4.78 is 11.0. The maximum atomic E-state index is 12.9. The first-order valence-corrected chi connectivity index (χ1v) is 8.65. The largest absolute Gasteiger partial charge is 0.457 e. The molecule has 6 heteroatoms. The molecule has 1 saturated heterocycles. The second-order valence-corrected chi connectivity index (χ2v) is 6.28. The van der Waals surface area contributed by atoms with Crippen molar-refractivity contribution >= 4 is 5.91 Å². The monoisotopic (exact) mass is 349 g/mol. The van der Waals surface area contributed by atoms with E-state index in [0.717, 1.165) is 18.6 Å². The van der Waals surface area contributed by atoms with Gasteiger partial charge in [-0.2, -0.15) is 4.98 Å². The second kappa shape index (κ2) is 7.00. The molecule has 1 unspecified atom stereocenters. The normalized spacial score (nSPS) is 16.7. The summed E-state index contributed by atoms with van der Waals surface area (Å²) in [5.74, 6) is 2.52. The maximum absolute atomic E-state index is 12.9. The van der Waals surface area contributed by atoms with Crippen molar-refractivity contribution in [1.82, 2.24) is 15.0 Å². The quantitative estimate of drug-likeness (QED) is 0.708. The van der Waals surface area contributed by atoms with Crippen LogP contribution in [0.4, 0.5) is 0 Å². The molecular weight excluding hydrogens is 330 g/mol. The van der Waals surface area contributed by atoms with E-state index in [1.165, 1.54) is 0 Å². The molecule has 0 spiro atoms. The molecule has 1 aromatic heterocycles. The minimum atomic E-state index is -0.149. The lowest BCUT2D eigenvalue weighted by molar-refractivity contribution is 0.0710. The molecule has 1 aliphatic heterocycles. The van der Waals surface area contributed by atoms with Gasteiger partial charge in [0.15, 0.2) is 5.82 Å². The van der Waals surface area contributed by atoms with Crippen molar-refractivity contribution in [3.8, 4) is 11.5 Å². The number of aryl methyl sites for hydroxylation is 1. The Morgan fingerprint density at radius 3 is 2.54 bits per heavy atom. The SMILES string of the molecule is Cc1noc(C2CCCN2C(=O)c2ccc(Oc3ccccc3)cc2)n1. The van der Waals surface area contributed by atoms with Gasteiger partial charge in [0.2, 0.25) is 5.89 Å². The number of benzene rings is 2. The first-order valence-electron chi connectivity index (χ1n) is 8.65. The van der Waals surface area contributed by atoms with Gasteiger partial charge in [0.05, 0.1) is 0 Å². The van der Waals surface area contributed by atoms with E-state index in [4.69, 9.17) is 9.26 Å². The van der Waals surface area contributed by atoms with Crippen LogP contribution in [0.1, 0.15) is 41.0 Å². The van der Waals surface area contributed by atoms with Crippen molar-refractivity contribution in [2.75, 3.05) is 6.54 Å². The molecule has 132 valence electrons. The standard InChI is InChI=1S/C20H19N3O3/c1-14-21-19(26-22-14)18-8-5-13-23(18)20(24)15-9-11-17(12-10-15)25-16-6-3-2-4-7-16/h2-4,6-7,9-12,18H,5,8,13H2,1H3. The molecule has 3 aromatic rings. The summed E-state index contributed by atoms with van der Waals surface area (Å²) in [4.78, 5) is 19.0. The van der Waals surface area contributed by atoms with Gasteiger partial charge in [0, 0.05) is 12.1 Å². The first kappa shape index (κ1) is 16.3. The van der Waals surface area contributed by atoms with Crippen molar-refractivity contribution in [1.29, 1.82) is 0 Å². The van der Waals surface area contributed by atoms with Gasteiger partial charge in [-0.1, -0.05) is 23.4 Å². The summed E-state index contributed by atoms with van der Waals surface area (Å²) in [6.45, 7) is 2.47. The third kappa shape index (κ3) is 3.31. The fourth-order valence-electron chi connectivity index (χ4n) is 3.17. The number of ether oxygens (including phenoxy) is 1. The van der Waals surface area contributed by atoms with E-state index in [9.17, 15) is 4.79 Å². The molecule has 0 bridgehead atoms. The van der Waals surface area contributed by atoms with Gasteiger partial charge < -0.3 is 14.2 Å². The topological polar surface area (TPSA) is 68.5 Å². The van der Waals surface area contributed by atoms with Gasteiger partial charge in [-0.25, -0.2) is 0 Å². The first-order chi connectivity index (χ1) is 12.7. The van der Waals surface area contributed by atoms with Crippen LogP contribution in [-0.2, 0) is 0 Å². The number of carbonyl (C=O) groups is 1. The van der Waals surface area contributed by atoms with Crippen molar-refractivity contribution < 1.29 is 14.1 Å². The maximum Gasteiger partial charge on any atom is 0.254 e. The number of aromatic nitrogens is 2. The van der Waals surface area contributed by atoms with Crippen molar-refractivity contribution in [2.24, 2.45) is 0 Å². The zero-order valence-electron chi connectivity index (χ0n) is 14.5. The minimum Gasteiger partial charge on any atom is -0.457 e. The van der Waals surface area contributed by atoms with E-state index in [1.54, 1.807) is 24.0 Å². The molecule has 2 heterocycles. The molecule has 1 fully saturated rings. The van der Waals surface area contributed by atoms with Crippen molar-refractivity contribution in [3.63, 3.8) is 0 Å². The van der Waals surface area contributed by atoms with Gasteiger partial charge in [0.1, 0.15) is 17.5 Å². The third-order valence-electron chi connectivity index (χ3n) is 4.42. The van der Waals surface area contributed by atoms with Crippen LogP contribution in [0.3, 0.4) is 0 Å². The van der Waals surface area contributed by atoms with E-state index in [1.807, 2.05) is 42.5 Å². The summed E-state index contributed by atoms with van der Waals surface area (Å²) >= 11 is 0. The molecule has 1 atom stereocenters. The minimum absolute atomic E-state index is 0.0328. The fourth-order valence-corrected chi connectivity index (χ4v) is 3.17. The zero-order chi connectivity index (χ0) is 17.9. The summed E-state index contributed by atoms with van der Waals surface area (Å²) in [5.41, 5.74) is 0.619. The predicted octanol–water partition coefficient (Wildman–Crippen LogP) is 4.15. The van der Waals surface area contributed by atoms with Crippen molar-refractivity contribution in [3.05, 3.63) is 71.9 Å². The van der Waals surface area contributed by atoms with Gasteiger partial charge in [0.25, 0.3) is 5.91 Å². The molecule has 26 heavy (non-hydrogen) atoms. The fraction of sp³-hybridized carbons (Fsp3) is 0.250. The number of hydrogen-bond donors (Lipinski definition) is 0. The highest BCUT2D eigenvalue weighted by atomic mass is 16.5.